The second kappa shape index (κ2) is 9.37. The van der Waals surface area contributed by atoms with Crippen molar-refractivity contribution in [2.24, 2.45) is 5.73 Å². The van der Waals surface area contributed by atoms with Crippen LogP contribution in [0.5, 0.6) is 0 Å². The molecule has 0 radical (unpaired) electrons. The lowest BCUT2D eigenvalue weighted by molar-refractivity contribution is 0.0188. The number of hydrogen-bond donors (Lipinski definition) is 1. The largest absolute Gasteiger partial charge is 0.393 e. The fourth-order valence-corrected chi connectivity index (χ4v) is 1.09. The topological polar surface area (TPSA) is 44.5 Å². The zero-order valence-electron chi connectivity index (χ0n) is 9.12. The lowest BCUT2D eigenvalue weighted by Gasteiger charge is -2.07. The monoisotopic (exact) mass is 219 g/mol. The van der Waals surface area contributed by atoms with Crippen molar-refractivity contribution in [3.05, 3.63) is 0 Å². The van der Waals surface area contributed by atoms with E-state index in [-0.39, 0.29) is 6.10 Å². The van der Waals surface area contributed by atoms with Crippen LogP contribution in [0.15, 0.2) is 0 Å². The average Bonchev–Trinajstić information content (AvgIpc) is 2.08. The third-order valence-corrected chi connectivity index (χ3v) is 1.84. The number of unbranched alkanes of at least 4 members (excludes halogenated alkanes) is 1. The standard InChI is InChI=1S/C10H21NO2S/c1-9(2)13-8-7-12-6-4-3-5-10(11)14/h9H,3-8H2,1-2H3,(H2,11,14). The summed E-state index contributed by atoms with van der Waals surface area (Å²) in [5.41, 5.74) is 5.36. The molecule has 4 heteroatoms. The first-order valence-electron chi connectivity index (χ1n) is 5.10. The summed E-state index contributed by atoms with van der Waals surface area (Å²) in [5.74, 6) is 0. The zero-order valence-corrected chi connectivity index (χ0v) is 9.94. The Hall–Kier alpha value is -0.190. The van der Waals surface area contributed by atoms with Crippen LogP contribution in [0.2, 0.25) is 0 Å². The maximum absolute atomic E-state index is 5.36. The van der Waals surface area contributed by atoms with Gasteiger partial charge in [-0.25, -0.2) is 0 Å². The minimum atomic E-state index is 0.285. The van der Waals surface area contributed by atoms with Crippen molar-refractivity contribution < 1.29 is 9.47 Å². The molecule has 0 fully saturated rings. The molecule has 0 amide bonds. The Labute approximate surface area is 91.9 Å². The van der Waals surface area contributed by atoms with E-state index >= 15 is 0 Å². The van der Waals surface area contributed by atoms with Crippen LogP contribution in [0.3, 0.4) is 0 Å². The van der Waals surface area contributed by atoms with Crippen LogP contribution in [0.4, 0.5) is 0 Å². The smallest absolute Gasteiger partial charge is 0.0727 e. The van der Waals surface area contributed by atoms with E-state index in [4.69, 9.17) is 27.4 Å². The lowest BCUT2D eigenvalue weighted by Crippen LogP contribution is -2.11. The molecule has 0 saturated heterocycles. The summed E-state index contributed by atoms with van der Waals surface area (Å²) in [6, 6.07) is 0. The highest BCUT2D eigenvalue weighted by atomic mass is 32.1. The van der Waals surface area contributed by atoms with Gasteiger partial charge in [-0.15, -0.1) is 0 Å². The van der Waals surface area contributed by atoms with Gasteiger partial charge in [-0.3, -0.25) is 0 Å². The summed E-state index contributed by atoms with van der Waals surface area (Å²) in [7, 11) is 0. The molecule has 0 aromatic heterocycles. The maximum atomic E-state index is 5.36. The SMILES string of the molecule is CC(C)OCCOCCCCC(N)=S. The van der Waals surface area contributed by atoms with Gasteiger partial charge in [0.25, 0.3) is 0 Å². The molecule has 0 saturated carbocycles. The van der Waals surface area contributed by atoms with Crippen LogP contribution in [0.25, 0.3) is 0 Å². The van der Waals surface area contributed by atoms with Gasteiger partial charge in [-0.05, 0) is 33.1 Å². The van der Waals surface area contributed by atoms with Gasteiger partial charge in [0, 0.05) is 6.61 Å². The predicted molar refractivity (Wildman–Crippen MR) is 62.5 cm³/mol. The Morgan fingerprint density at radius 3 is 2.50 bits per heavy atom. The molecule has 0 atom stereocenters. The molecular weight excluding hydrogens is 198 g/mol. The Bertz CT molecular complexity index is 151. The highest BCUT2D eigenvalue weighted by molar-refractivity contribution is 7.80. The molecule has 84 valence electrons. The van der Waals surface area contributed by atoms with E-state index in [9.17, 15) is 0 Å². The molecule has 3 nitrogen and oxygen atoms in total. The number of nitrogens with two attached hydrogens (primary N) is 1. The molecule has 0 spiro atoms. The van der Waals surface area contributed by atoms with Crippen molar-refractivity contribution in [2.75, 3.05) is 19.8 Å². The van der Waals surface area contributed by atoms with Gasteiger partial charge < -0.3 is 15.2 Å². The highest BCUT2D eigenvalue weighted by Crippen LogP contribution is 1.96. The molecule has 0 unspecified atom stereocenters. The van der Waals surface area contributed by atoms with Gasteiger partial charge in [-0.2, -0.15) is 0 Å². The second-order valence-corrected chi connectivity index (χ2v) is 3.98. The number of ether oxygens (including phenoxy) is 2. The maximum Gasteiger partial charge on any atom is 0.0727 e. The van der Waals surface area contributed by atoms with Gasteiger partial charge >= 0.3 is 0 Å². The van der Waals surface area contributed by atoms with Crippen LogP contribution >= 0.6 is 12.2 Å². The fourth-order valence-electron chi connectivity index (χ4n) is 0.948. The number of rotatable bonds is 9. The number of hydrogen-bond acceptors (Lipinski definition) is 3. The Kier molecular flexibility index (Phi) is 9.24. The molecule has 0 aromatic carbocycles. The molecule has 0 aliphatic carbocycles. The van der Waals surface area contributed by atoms with Crippen molar-refractivity contribution >= 4 is 17.2 Å². The fraction of sp³-hybridized carbons (Fsp3) is 0.900. The van der Waals surface area contributed by atoms with E-state index in [0.29, 0.717) is 18.2 Å². The minimum absolute atomic E-state index is 0.285. The Balaban J connectivity index is 2.96. The van der Waals surface area contributed by atoms with Crippen LogP contribution in [0.1, 0.15) is 33.1 Å². The molecule has 14 heavy (non-hydrogen) atoms. The first-order chi connectivity index (χ1) is 6.63. The first kappa shape index (κ1) is 13.8. The van der Waals surface area contributed by atoms with Crippen molar-refractivity contribution in [1.29, 1.82) is 0 Å². The van der Waals surface area contributed by atoms with Gasteiger partial charge in [0.15, 0.2) is 0 Å². The van der Waals surface area contributed by atoms with Crippen molar-refractivity contribution in [3.63, 3.8) is 0 Å². The van der Waals surface area contributed by atoms with E-state index < -0.39 is 0 Å². The average molecular weight is 219 g/mol. The first-order valence-corrected chi connectivity index (χ1v) is 5.51. The summed E-state index contributed by atoms with van der Waals surface area (Å²) in [6.07, 6.45) is 3.13. The van der Waals surface area contributed by atoms with Gasteiger partial charge in [0.1, 0.15) is 0 Å². The van der Waals surface area contributed by atoms with Crippen LogP contribution in [-0.4, -0.2) is 30.9 Å². The van der Waals surface area contributed by atoms with Crippen LogP contribution in [-0.2, 0) is 9.47 Å². The quantitative estimate of drug-likeness (QED) is 0.475. The Morgan fingerprint density at radius 1 is 1.21 bits per heavy atom. The van der Waals surface area contributed by atoms with E-state index in [1.54, 1.807) is 0 Å². The van der Waals surface area contributed by atoms with Gasteiger partial charge in [0.05, 0.1) is 24.3 Å². The third kappa shape index (κ3) is 11.8. The summed E-state index contributed by atoms with van der Waals surface area (Å²) < 4.78 is 10.7. The molecule has 2 N–H and O–H groups in total. The Morgan fingerprint density at radius 2 is 1.93 bits per heavy atom. The van der Waals surface area contributed by atoms with Crippen LogP contribution < -0.4 is 5.73 Å². The second-order valence-electron chi connectivity index (χ2n) is 3.46. The van der Waals surface area contributed by atoms with E-state index in [0.717, 1.165) is 25.9 Å². The minimum Gasteiger partial charge on any atom is -0.393 e. The van der Waals surface area contributed by atoms with Crippen molar-refractivity contribution in [2.45, 2.75) is 39.2 Å². The normalized spacial score (nSPS) is 10.8. The van der Waals surface area contributed by atoms with E-state index in [2.05, 4.69) is 0 Å². The zero-order chi connectivity index (χ0) is 10.8. The molecule has 0 bridgehead atoms. The molecule has 0 aliphatic rings. The summed E-state index contributed by atoms with van der Waals surface area (Å²) in [6.45, 7) is 6.15. The molecule has 0 heterocycles. The summed E-state index contributed by atoms with van der Waals surface area (Å²) in [5, 5.41) is 0. The van der Waals surface area contributed by atoms with Crippen LogP contribution in [0, 0.1) is 0 Å². The van der Waals surface area contributed by atoms with Gasteiger partial charge in [-0.1, -0.05) is 12.2 Å². The summed E-state index contributed by atoms with van der Waals surface area (Å²) >= 11 is 4.76. The molecule has 0 rings (SSSR count). The number of thiocarbonyl (C=S) groups is 1. The third-order valence-electron chi connectivity index (χ3n) is 1.64. The van der Waals surface area contributed by atoms with Crippen molar-refractivity contribution in [3.8, 4) is 0 Å². The predicted octanol–water partition coefficient (Wildman–Crippen LogP) is 1.88. The van der Waals surface area contributed by atoms with E-state index in [1.165, 1.54) is 0 Å². The van der Waals surface area contributed by atoms with Gasteiger partial charge in [0.2, 0.25) is 0 Å². The highest BCUT2D eigenvalue weighted by Gasteiger charge is 1.94. The molecular formula is C10H21NO2S. The molecule has 0 aromatic rings. The van der Waals surface area contributed by atoms with Crippen molar-refractivity contribution in [1.82, 2.24) is 0 Å². The molecule has 0 aliphatic heterocycles. The lowest BCUT2D eigenvalue weighted by atomic mass is 10.2. The van der Waals surface area contributed by atoms with E-state index in [1.807, 2.05) is 13.8 Å². The summed E-state index contributed by atoms with van der Waals surface area (Å²) in [4.78, 5) is 0.591.